The maximum Gasteiger partial charge on any atom is 0.303 e. The van der Waals surface area contributed by atoms with Gasteiger partial charge < -0.3 is 24.1 Å². The first-order valence-corrected chi connectivity index (χ1v) is 9.77. The monoisotopic (exact) mass is 382 g/mol. The topological polar surface area (TPSA) is 99.1 Å². The molecule has 7 nitrogen and oxygen atoms in total. The van der Waals surface area contributed by atoms with Crippen molar-refractivity contribution in [1.82, 2.24) is 0 Å². The molecular formula is C20H30O7. The molecule has 1 aliphatic heterocycles. The van der Waals surface area contributed by atoms with Gasteiger partial charge >= 0.3 is 11.9 Å². The number of allylic oxidation sites excluding steroid dienone is 2. The number of carboxylic acids is 1. The van der Waals surface area contributed by atoms with Crippen LogP contribution in [0.1, 0.15) is 58.3 Å². The summed E-state index contributed by atoms with van der Waals surface area (Å²) in [4.78, 5) is 33.2. The smallest absolute Gasteiger partial charge is 0.303 e. The van der Waals surface area contributed by atoms with Gasteiger partial charge in [0.25, 0.3) is 0 Å². The number of aldehydes is 1. The zero-order valence-corrected chi connectivity index (χ0v) is 15.9. The molecule has 7 heteroatoms. The number of carbonyl (C=O) groups excluding carboxylic acids is 2. The fourth-order valence-electron chi connectivity index (χ4n) is 3.79. The summed E-state index contributed by atoms with van der Waals surface area (Å²) in [6.07, 6.45) is 9.21. The summed E-state index contributed by atoms with van der Waals surface area (Å²) in [5.74, 6) is -1.35. The van der Waals surface area contributed by atoms with Crippen LogP contribution >= 0.6 is 0 Å². The second-order valence-corrected chi connectivity index (χ2v) is 7.24. The van der Waals surface area contributed by atoms with Crippen LogP contribution < -0.4 is 0 Å². The minimum atomic E-state index is -0.792. The normalized spacial score (nSPS) is 31.1. The number of aliphatic carboxylic acids is 1. The minimum absolute atomic E-state index is 0.00227. The molecule has 0 radical (unpaired) electrons. The number of rotatable bonds is 10. The highest BCUT2D eigenvalue weighted by molar-refractivity contribution is 5.66. The van der Waals surface area contributed by atoms with Crippen LogP contribution in [-0.2, 0) is 28.6 Å². The molecule has 0 spiro atoms. The van der Waals surface area contributed by atoms with E-state index in [0.717, 1.165) is 32.0 Å². The third kappa shape index (κ3) is 7.07. The maximum atomic E-state index is 11.4. The predicted octanol–water partition coefficient (Wildman–Crippen LogP) is 2.87. The van der Waals surface area contributed by atoms with E-state index >= 15 is 0 Å². The van der Waals surface area contributed by atoms with Crippen molar-refractivity contribution in [3.05, 3.63) is 12.2 Å². The number of esters is 1. The molecule has 0 aromatic heterocycles. The first-order chi connectivity index (χ1) is 13.0. The van der Waals surface area contributed by atoms with Gasteiger partial charge in [-0.15, -0.1) is 0 Å². The van der Waals surface area contributed by atoms with E-state index in [0.29, 0.717) is 25.9 Å². The molecule has 1 saturated heterocycles. The molecular weight excluding hydrogens is 352 g/mol. The Hall–Kier alpha value is -1.73. The Bertz CT molecular complexity index is 530. The van der Waals surface area contributed by atoms with Gasteiger partial charge in [0.2, 0.25) is 0 Å². The fourth-order valence-corrected chi connectivity index (χ4v) is 3.79. The lowest BCUT2D eigenvalue weighted by atomic mass is 9.97. The zero-order chi connectivity index (χ0) is 19.6. The molecule has 0 bridgehead atoms. The molecule has 0 aromatic carbocycles. The first kappa shape index (κ1) is 21.6. The summed E-state index contributed by atoms with van der Waals surface area (Å²) in [6, 6.07) is 0. The van der Waals surface area contributed by atoms with Crippen molar-refractivity contribution < 1.29 is 33.7 Å². The number of carbonyl (C=O) groups is 3. The van der Waals surface area contributed by atoms with Crippen molar-refractivity contribution in [3.8, 4) is 0 Å². The summed E-state index contributed by atoms with van der Waals surface area (Å²) in [6.45, 7) is 1.99. The van der Waals surface area contributed by atoms with E-state index in [4.69, 9.17) is 19.3 Å². The van der Waals surface area contributed by atoms with Crippen LogP contribution in [0.15, 0.2) is 12.2 Å². The highest BCUT2D eigenvalue weighted by Gasteiger charge is 2.41. The third-order valence-electron chi connectivity index (χ3n) is 5.14. The Morgan fingerprint density at radius 2 is 1.96 bits per heavy atom. The number of ether oxygens (including phenoxy) is 3. The number of carboxylic acid groups (broad SMARTS) is 1. The standard InChI is InChI=1S/C20H30O7/c1-14(22)26-17-10-11-18(27-20-15(13-21)7-6-12-25-20)16(17)8-4-2-3-5-9-19(23)24/h2,4,13,15-18,20H,3,5-12H2,1H3,(H,23,24)/b4-2+/t15-,16?,17+,18?,20-/m1/s1. The largest absolute Gasteiger partial charge is 0.481 e. The van der Waals surface area contributed by atoms with Crippen LogP contribution in [0.5, 0.6) is 0 Å². The Labute approximate surface area is 160 Å². The Morgan fingerprint density at radius 1 is 1.19 bits per heavy atom. The van der Waals surface area contributed by atoms with Crippen molar-refractivity contribution in [3.63, 3.8) is 0 Å². The van der Waals surface area contributed by atoms with Gasteiger partial charge in [-0.25, -0.2) is 0 Å². The molecule has 1 heterocycles. The van der Waals surface area contributed by atoms with Gasteiger partial charge in [-0.3, -0.25) is 9.59 Å². The van der Waals surface area contributed by atoms with E-state index in [1.807, 2.05) is 12.2 Å². The molecule has 27 heavy (non-hydrogen) atoms. The molecule has 1 aliphatic carbocycles. The Balaban J connectivity index is 1.92. The lowest BCUT2D eigenvalue weighted by Crippen LogP contribution is -2.38. The molecule has 1 N–H and O–H groups in total. The molecule has 5 atom stereocenters. The van der Waals surface area contributed by atoms with Crippen molar-refractivity contribution >= 4 is 18.2 Å². The van der Waals surface area contributed by atoms with E-state index in [9.17, 15) is 14.4 Å². The SMILES string of the molecule is CC(=O)O[C@H]1CCC(O[C@H]2OCCC[C@@H]2C=O)C1C/C=C/CCCC(=O)O. The highest BCUT2D eigenvalue weighted by atomic mass is 16.7. The van der Waals surface area contributed by atoms with Gasteiger partial charge in [-0.2, -0.15) is 0 Å². The van der Waals surface area contributed by atoms with E-state index < -0.39 is 12.3 Å². The second kappa shape index (κ2) is 11.2. The molecule has 2 unspecified atom stereocenters. The quantitative estimate of drug-likeness (QED) is 0.268. The van der Waals surface area contributed by atoms with Crippen LogP contribution in [0.4, 0.5) is 0 Å². The van der Waals surface area contributed by atoms with Gasteiger partial charge in [0, 0.05) is 25.9 Å². The minimum Gasteiger partial charge on any atom is -0.481 e. The molecule has 0 amide bonds. The summed E-state index contributed by atoms with van der Waals surface area (Å²) in [7, 11) is 0. The molecule has 2 aliphatic rings. The maximum absolute atomic E-state index is 11.4. The summed E-state index contributed by atoms with van der Waals surface area (Å²) < 4.78 is 17.3. The van der Waals surface area contributed by atoms with Crippen LogP contribution in [0.2, 0.25) is 0 Å². The van der Waals surface area contributed by atoms with E-state index in [1.165, 1.54) is 6.92 Å². The van der Waals surface area contributed by atoms with Crippen LogP contribution in [0.25, 0.3) is 0 Å². The van der Waals surface area contributed by atoms with Gasteiger partial charge in [-0.05, 0) is 44.9 Å². The fraction of sp³-hybridized carbons (Fsp3) is 0.750. The van der Waals surface area contributed by atoms with Gasteiger partial charge in [0.05, 0.1) is 12.0 Å². The second-order valence-electron chi connectivity index (χ2n) is 7.24. The van der Waals surface area contributed by atoms with Gasteiger partial charge in [0.15, 0.2) is 6.29 Å². The highest BCUT2D eigenvalue weighted by Crippen LogP contribution is 2.36. The van der Waals surface area contributed by atoms with Crippen LogP contribution in [-0.4, -0.2) is 48.4 Å². The van der Waals surface area contributed by atoms with E-state index in [-0.39, 0.29) is 36.4 Å². The number of unbranched alkanes of at least 4 members (excludes halogenated alkanes) is 1. The van der Waals surface area contributed by atoms with Crippen molar-refractivity contribution in [2.45, 2.75) is 76.8 Å². The lowest BCUT2D eigenvalue weighted by Gasteiger charge is -2.32. The molecule has 152 valence electrons. The average molecular weight is 382 g/mol. The van der Waals surface area contributed by atoms with E-state index in [2.05, 4.69) is 0 Å². The van der Waals surface area contributed by atoms with Gasteiger partial charge in [-0.1, -0.05) is 12.2 Å². The average Bonchev–Trinajstić information content (AvgIpc) is 2.99. The molecule has 1 saturated carbocycles. The number of hydrogen-bond acceptors (Lipinski definition) is 6. The predicted molar refractivity (Wildman–Crippen MR) is 96.9 cm³/mol. The van der Waals surface area contributed by atoms with Gasteiger partial charge in [0.1, 0.15) is 12.4 Å². The third-order valence-corrected chi connectivity index (χ3v) is 5.14. The van der Waals surface area contributed by atoms with Crippen LogP contribution in [0, 0.1) is 11.8 Å². The molecule has 0 aromatic rings. The summed E-state index contributed by atoms with van der Waals surface area (Å²) in [5.41, 5.74) is 0. The van der Waals surface area contributed by atoms with Crippen molar-refractivity contribution in [1.29, 1.82) is 0 Å². The first-order valence-electron chi connectivity index (χ1n) is 9.77. The van der Waals surface area contributed by atoms with Crippen molar-refractivity contribution in [2.24, 2.45) is 11.8 Å². The Kier molecular flexibility index (Phi) is 8.94. The lowest BCUT2D eigenvalue weighted by molar-refractivity contribution is -0.218. The van der Waals surface area contributed by atoms with E-state index in [1.54, 1.807) is 0 Å². The Morgan fingerprint density at radius 3 is 2.67 bits per heavy atom. The molecule has 2 rings (SSSR count). The molecule has 2 fully saturated rings. The van der Waals surface area contributed by atoms with Crippen molar-refractivity contribution in [2.75, 3.05) is 6.61 Å². The van der Waals surface area contributed by atoms with Crippen LogP contribution in [0.3, 0.4) is 0 Å². The number of hydrogen-bond donors (Lipinski definition) is 1. The zero-order valence-electron chi connectivity index (χ0n) is 15.9. The summed E-state index contributed by atoms with van der Waals surface area (Å²) in [5, 5.41) is 8.67. The summed E-state index contributed by atoms with van der Waals surface area (Å²) >= 11 is 0.